The van der Waals surface area contributed by atoms with Crippen LogP contribution in [0.3, 0.4) is 0 Å². The van der Waals surface area contributed by atoms with Crippen molar-refractivity contribution in [2.45, 2.75) is 17.9 Å². The Kier molecular flexibility index (Phi) is 7.05. The quantitative estimate of drug-likeness (QED) is 0.711. The number of piperazine rings is 1. The number of thiophene rings is 1. The van der Waals surface area contributed by atoms with Crippen LogP contribution in [0.2, 0.25) is 4.34 Å². The second kappa shape index (κ2) is 9.32. The molecule has 1 N–H and O–H groups in total. The summed E-state index contributed by atoms with van der Waals surface area (Å²) in [5, 5.41) is 0. The maximum atomic E-state index is 12.9. The van der Waals surface area contributed by atoms with E-state index in [2.05, 4.69) is 9.62 Å². The SMILES string of the molecule is O=C(CCNS(=O)(=O)c1ccc(F)cc1)N1CCN(Cc2ccc(Cl)s2)CC1. The van der Waals surface area contributed by atoms with Crippen LogP contribution in [-0.2, 0) is 21.4 Å². The number of nitrogens with one attached hydrogen (secondary N) is 1. The van der Waals surface area contributed by atoms with Gasteiger partial charge in [-0.3, -0.25) is 9.69 Å². The van der Waals surface area contributed by atoms with Gasteiger partial charge >= 0.3 is 0 Å². The van der Waals surface area contributed by atoms with E-state index in [-0.39, 0.29) is 23.8 Å². The molecular weight excluding hydrogens is 425 g/mol. The zero-order valence-corrected chi connectivity index (χ0v) is 17.5. The molecule has 3 rings (SSSR count). The molecule has 0 radical (unpaired) electrons. The number of hydrogen-bond acceptors (Lipinski definition) is 5. The van der Waals surface area contributed by atoms with Crippen molar-refractivity contribution in [2.24, 2.45) is 0 Å². The van der Waals surface area contributed by atoms with Gasteiger partial charge in [-0.2, -0.15) is 0 Å². The molecule has 10 heteroatoms. The molecule has 1 aliphatic heterocycles. The van der Waals surface area contributed by atoms with Crippen LogP contribution >= 0.6 is 22.9 Å². The molecule has 0 atom stereocenters. The highest BCUT2D eigenvalue weighted by atomic mass is 35.5. The van der Waals surface area contributed by atoms with E-state index in [0.29, 0.717) is 13.1 Å². The Bertz CT molecular complexity index is 910. The van der Waals surface area contributed by atoms with Crippen LogP contribution in [0.1, 0.15) is 11.3 Å². The maximum Gasteiger partial charge on any atom is 0.240 e. The minimum atomic E-state index is -3.75. The third kappa shape index (κ3) is 5.74. The molecule has 0 bridgehead atoms. The molecule has 0 saturated carbocycles. The number of amides is 1. The third-order valence-corrected chi connectivity index (χ3v) is 7.18. The topological polar surface area (TPSA) is 69.7 Å². The molecule has 0 unspecified atom stereocenters. The lowest BCUT2D eigenvalue weighted by Gasteiger charge is -2.34. The third-order valence-electron chi connectivity index (χ3n) is 4.49. The fraction of sp³-hybridized carbons (Fsp3) is 0.389. The van der Waals surface area contributed by atoms with Crippen molar-refractivity contribution in [3.63, 3.8) is 0 Å². The first-order valence-corrected chi connectivity index (χ1v) is 11.5. The normalized spacial score (nSPS) is 15.7. The molecule has 6 nitrogen and oxygen atoms in total. The molecule has 1 amide bonds. The average Bonchev–Trinajstić information content (AvgIpc) is 3.07. The minimum absolute atomic E-state index is 0.00640. The summed E-state index contributed by atoms with van der Waals surface area (Å²) >= 11 is 7.51. The lowest BCUT2D eigenvalue weighted by atomic mass is 10.2. The minimum Gasteiger partial charge on any atom is -0.340 e. The Labute approximate surface area is 173 Å². The molecule has 2 aromatic rings. The Morgan fingerprint density at radius 2 is 1.79 bits per heavy atom. The Balaban J connectivity index is 1.41. The fourth-order valence-electron chi connectivity index (χ4n) is 2.96. The zero-order chi connectivity index (χ0) is 20.1. The lowest BCUT2D eigenvalue weighted by molar-refractivity contribution is -0.132. The number of nitrogens with zero attached hydrogens (tertiary/aromatic N) is 2. The van der Waals surface area contributed by atoms with Gasteiger partial charge in [-0.05, 0) is 36.4 Å². The zero-order valence-electron chi connectivity index (χ0n) is 15.1. The van der Waals surface area contributed by atoms with Crippen LogP contribution in [0.25, 0.3) is 0 Å². The highest BCUT2D eigenvalue weighted by Gasteiger charge is 2.22. The van der Waals surface area contributed by atoms with Gasteiger partial charge in [0.05, 0.1) is 9.23 Å². The number of rotatable bonds is 7. The first kappa shape index (κ1) is 21.2. The summed E-state index contributed by atoms with van der Waals surface area (Å²) in [7, 11) is -3.75. The summed E-state index contributed by atoms with van der Waals surface area (Å²) in [6.07, 6.45) is 0.0843. The number of sulfonamides is 1. The Morgan fingerprint density at radius 1 is 1.11 bits per heavy atom. The lowest BCUT2D eigenvalue weighted by Crippen LogP contribution is -2.48. The van der Waals surface area contributed by atoms with Crippen molar-refractivity contribution in [3.05, 3.63) is 51.4 Å². The Hall–Kier alpha value is -1.52. The second-order valence-electron chi connectivity index (χ2n) is 6.46. The molecule has 1 saturated heterocycles. The number of hydrogen-bond donors (Lipinski definition) is 1. The number of benzene rings is 1. The molecule has 0 spiro atoms. The van der Waals surface area contributed by atoms with Crippen LogP contribution < -0.4 is 4.72 Å². The molecule has 2 heterocycles. The summed E-state index contributed by atoms with van der Waals surface area (Å²) in [5.74, 6) is -0.587. The highest BCUT2D eigenvalue weighted by molar-refractivity contribution is 7.89. The predicted octanol–water partition coefficient (Wildman–Crippen LogP) is 2.55. The number of halogens is 2. The maximum absolute atomic E-state index is 12.9. The van der Waals surface area contributed by atoms with Gasteiger partial charge in [-0.15, -0.1) is 11.3 Å². The van der Waals surface area contributed by atoms with Crippen molar-refractivity contribution in [3.8, 4) is 0 Å². The largest absolute Gasteiger partial charge is 0.340 e. The van der Waals surface area contributed by atoms with Crippen LogP contribution in [0.4, 0.5) is 4.39 Å². The molecule has 1 fully saturated rings. The molecule has 1 aromatic heterocycles. The smallest absolute Gasteiger partial charge is 0.240 e. The van der Waals surface area contributed by atoms with Crippen LogP contribution in [0, 0.1) is 5.82 Å². The van der Waals surface area contributed by atoms with Crippen molar-refractivity contribution >= 4 is 38.9 Å². The van der Waals surface area contributed by atoms with Gasteiger partial charge in [0.2, 0.25) is 15.9 Å². The summed E-state index contributed by atoms with van der Waals surface area (Å²) in [6, 6.07) is 8.46. The van der Waals surface area contributed by atoms with Crippen LogP contribution in [0.5, 0.6) is 0 Å². The average molecular weight is 446 g/mol. The summed E-state index contributed by atoms with van der Waals surface area (Å²) in [6.45, 7) is 3.58. The van der Waals surface area contributed by atoms with E-state index >= 15 is 0 Å². The first-order valence-electron chi connectivity index (χ1n) is 8.83. The standard InChI is InChI=1S/C18H21ClFN3O3S2/c19-17-6-3-15(27-17)13-22-9-11-23(12-10-22)18(24)7-8-21-28(25,26)16-4-1-14(20)2-5-16/h1-6,21H,7-13H2. The highest BCUT2D eigenvalue weighted by Crippen LogP contribution is 2.23. The predicted molar refractivity (Wildman–Crippen MR) is 107 cm³/mol. The van der Waals surface area contributed by atoms with Gasteiger partial charge in [0.15, 0.2) is 0 Å². The van der Waals surface area contributed by atoms with Gasteiger partial charge in [0.25, 0.3) is 0 Å². The van der Waals surface area contributed by atoms with Crippen molar-refractivity contribution in [2.75, 3.05) is 32.7 Å². The van der Waals surface area contributed by atoms with E-state index in [1.807, 2.05) is 12.1 Å². The van der Waals surface area contributed by atoms with Crippen LogP contribution in [-0.4, -0.2) is 56.8 Å². The molecule has 0 aliphatic carbocycles. The van der Waals surface area contributed by atoms with E-state index in [0.717, 1.165) is 36.1 Å². The number of carbonyl (C=O) groups excluding carboxylic acids is 1. The summed E-state index contributed by atoms with van der Waals surface area (Å²) < 4.78 is 40.4. The monoisotopic (exact) mass is 445 g/mol. The van der Waals surface area contributed by atoms with E-state index in [4.69, 9.17) is 11.6 Å². The van der Waals surface area contributed by atoms with Gasteiger partial charge < -0.3 is 4.90 Å². The van der Waals surface area contributed by atoms with E-state index in [1.165, 1.54) is 17.0 Å². The summed E-state index contributed by atoms with van der Waals surface area (Å²) in [5.41, 5.74) is 0. The van der Waals surface area contributed by atoms with Gasteiger partial charge in [-0.25, -0.2) is 17.5 Å². The Morgan fingerprint density at radius 3 is 2.39 bits per heavy atom. The first-order chi connectivity index (χ1) is 13.3. The van der Waals surface area contributed by atoms with Gasteiger partial charge in [0.1, 0.15) is 5.82 Å². The van der Waals surface area contributed by atoms with E-state index in [1.54, 1.807) is 16.2 Å². The van der Waals surface area contributed by atoms with E-state index < -0.39 is 15.8 Å². The van der Waals surface area contributed by atoms with Crippen LogP contribution in [0.15, 0.2) is 41.3 Å². The van der Waals surface area contributed by atoms with E-state index in [9.17, 15) is 17.6 Å². The van der Waals surface area contributed by atoms with Gasteiger partial charge in [-0.1, -0.05) is 11.6 Å². The van der Waals surface area contributed by atoms with Crippen molar-refractivity contribution < 1.29 is 17.6 Å². The van der Waals surface area contributed by atoms with Crippen molar-refractivity contribution in [1.82, 2.24) is 14.5 Å². The molecule has 1 aromatic carbocycles. The summed E-state index contributed by atoms with van der Waals surface area (Å²) in [4.78, 5) is 17.5. The molecule has 1 aliphatic rings. The number of carbonyl (C=O) groups is 1. The molecule has 152 valence electrons. The molecular formula is C18H21ClFN3O3S2. The molecule has 28 heavy (non-hydrogen) atoms. The van der Waals surface area contributed by atoms with Crippen molar-refractivity contribution in [1.29, 1.82) is 0 Å². The second-order valence-corrected chi connectivity index (χ2v) is 10.0. The van der Waals surface area contributed by atoms with Gasteiger partial charge in [0, 0.05) is 50.6 Å². The fourth-order valence-corrected chi connectivity index (χ4v) is 5.12.